The number of thioether (sulfide) groups is 1. The highest BCUT2D eigenvalue weighted by Gasteiger charge is 2.32. The molecule has 1 heterocycles. The van der Waals surface area contributed by atoms with Crippen LogP contribution in [0.3, 0.4) is 0 Å². The van der Waals surface area contributed by atoms with Crippen LogP contribution in [0.5, 0.6) is 0 Å². The van der Waals surface area contributed by atoms with Crippen LogP contribution >= 0.6 is 11.8 Å². The molecule has 1 fully saturated rings. The molecule has 0 aliphatic carbocycles. The minimum Gasteiger partial charge on any atom is -0.384 e. The summed E-state index contributed by atoms with van der Waals surface area (Å²) in [5.74, 6) is -0.292. The van der Waals surface area contributed by atoms with E-state index >= 15 is 0 Å². The van der Waals surface area contributed by atoms with Crippen molar-refractivity contribution < 1.29 is 14.5 Å². The monoisotopic (exact) mass is 353 g/mol. The fraction of sp³-hybridized carbons (Fsp3) is 0.562. The van der Waals surface area contributed by atoms with Gasteiger partial charge in [-0.25, -0.2) is 0 Å². The van der Waals surface area contributed by atoms with Crippen LogP contribution in [0.25, 0.3) is 0 Å². The number of nitro benzene ring substituents is 1. The van der Waals surface area contributed by atoms with E-state index in [4.69, 9.17) is 4.74 Å². The molecular weight excluding hydrogens is 330 g/mol. The lowest BCUT2D eigenvalue weighted by molar-refractivity contribution is -0.387. The first-order chi connectivity index (χ1) is 11.5. The van der Waals surface area contributed by atoms with Gasteiger partial charge < -0.3 is 15.4 Å². The Bertz CT molecular complexity index is 597. The van der Waals surface area contributed by atoms with Crippen molar-refractivity contribution in [2.24, 2.45) is 5.41 Å². The van der Waals surface area contributed by atoms with Gasteiger partial charge in [-0.05, 0) is 44.3 Å². The maximum Gasteiger partial charge on any atom is 0.283 e. The van der Waals surface area contributed by atoms with E-state index in [2.05, 4.69) is 10.6 Å². The molecule has 0 bridgehead atoms. The van der Waals surface area contributed by atoms with Crippen LogP contribution in [-0.4, -0.2) is 50.4 Å². The van der Waals surface area contributed by atoms with E-state index in [1.165, 1.54) is 17.8 Å². The third kappa shape index (κ3) is 4.46. The van der Waals surface area contributed by atoms with Crippen molar-refractivity contribution in [1.29, 1.82) is 0 Å². The molecule has 24 heavy (non-hydrogen) atoms. The van der Waals surface area contributed by atoms with Crippen LogP contribution < -0.4 is 10.6 Å². The van der Waals surface area contributed by atoms with Crippen molar-refractivity contribution in [2.75, 3.05) is 39.6 Å². The molecule has 1 amide bonds. The fourth-order valence-corrected chi connectivity index (χ4v) is 3.53. The van der Waals surface area contributed by atoms with Crippen LogP contribution in [0.2, 0.25) is 0 Å². The minimum atomic E-state index is -0.457. The van der Waals surface area contributed by atoms with Crippen molar-refractivity contribution in [1.82, 2.24) is 10.6 Å². The lowest BCUT2D eigenvalue weighted by atomic mass is 9.79. The third-order valence-corrected chi connectivity index (χ3v) is 5.16. The number of nitrogens with zero attached hydrogens (tertiary/aromatic N) is 1. The van der Waals surface area contributed by atoms with E-state index in [1.54, 1.807) is 25.5 Å². The van der Waals surface area contributed by atoms with Crippen molar-refractivity contribution in [3.8, 4) is 0 Å². The SMILES string of the molecule is COCC1(CNC(=O)c2ccc(SC)c([N+](=O)[O-])c2)CCNCC1. The van der Waals surface area contributed by atoms with Crippen molar-refractivity contribution in [3.63, 3.8) is 0 Å². The Morgan fingerprint density at radius 3 is 2.75 bits per heavy atom. The standard InChI is InChI=1S/C16H23N3O4S/c1-23-11-16(5-7-17-8-6-16)10-18-15(20)12-3-4-14(24-2)13(9-12)19(21)22/h3-4,9,17H,5-8,10-11H2,1-2H3,(H,18,20). The lowest BCUT2D eigenvalue weighted by Crippen LogP contribution is -2.47. The van der Waals surface area contributed by atoms with Gasteiger partial charge in [0, 0.05) is 30.7 Å². The molecule has 2 N–H and O–H groups in total. The van der Waals surface area contributed by atoms with Crippen LogP contribution in [0, 0.1) is 15.5 Å². The van der Waals surface area contributed by atoms with Gasteiger partial charge in [-0.15, -0.1) is 11.8 Å². The summed E-state index contributed by atoms with van der Waals surface area (Å²) in [6, 6.07) is 4.58. The number of amides is 1. The first-order valence-electron chi connectivity index (χ1n) is 7.82. The van der Waals surface area contributed by atoms with E-state index in [-0.39, 0.29) is 17.0 Å². The van der Waals surface area contributed by atoms with E-state index in [0.717, 1.165) is 25.9 Å². The predicted octanol–water partition coefficient (Wildman–Crippen LogP) is 2.06. The maximum atomic E-state index is 12.4. The Morgan fingerprint density at radius 2 is 2.17 bits per heavy atom. The van der Waals surface area contributed by atoms with Gasteiger partial charge in [0.05, 0.1) is 16.4 Å². The van der Waals surface area contributed by atoms with Gasteiger partial charge in [-0.2, -0.15) is 0 Å². The van der Waals surface area contributed by atoms with E-state index in [1.807, 2.05) is 0 Å². The largest absolute Gasteiger partial charge is 0.384 e. The quantitative estimate of drug-likeness (QED) is 0.443. The zero-order chi connectivity index (χ0) is 17.6. The van der Waals surface area contributed by atoms with Gasteiger partial charge in [0.15, 0.2) is 0 Å². The number of methoxy groups -OCH3 is 1. The number of piperidine rings is 1. The Labute approximate surface area is 145 Å². The molecule has 0 unspecified atom stereocenters. The summed E-state index contributed by atoms with van der Waals surface area (Å²) in [6.07, 6.45) is 3.62. The lowest BCUT2D eigenvalue weighted by Gasteiger charge is -2.37. The van der Waals surface area contributed by atoms with Crippen LogP contribution in [-0.2, 0) is 4.74 Å². The number of benzene rings is 1. The normalized spacial score (nSPS) is 16.6. The molecular formula is C16H23N3O4S. The van der Waals surface area contributed by atoms with Crippen LogP contribution in [0.1, 0.15) is 23.2 Å². The summed E-state index contributed by atoms with van der Waals surface area (Å²) in [5.41, 5.74) is 0.186. The molecule has 1 aliphatic heterocycles. The second kappa shape index (κ2) is 8.46. The molecule has 2 rings (SSSR count). The van der Waals surface area contributed by atoms with Gasteiger partial charge in [0.1, 0.15) is 0 Å². The Hall–Kier alpha value is -1.64. The molecule has 1 aromatic carbocycles. The van der Waals surface area contributed by atoms with E-state index < -0.39 is 4.92 Å². The molecule has 8 heteroatoms. The van der Waals surface area contributed by atoms with Crippen molar-refractivity contribution in [2.45, 2.75) is 17.7 Å². The third-order valence-electron chi connectivity index (χ3n) is 4.38. The smallest absolute Gasteiger partial charge is 0.283 e. The number of rotatable bonds is 7. The summed E-state index contributed by atoms with van der Waals surface area (Å²) >= 11 is 1.29. The highest BCUT2D eigenvalue weighted by molar-refractivity contribution is 7.98. The van der Waals surface area contributed by atoms with Crippen molar-refractivity contribution >= 4 is 23.4 Å². The van der Waals surface area contributed by atoms with Gasteiger partial charge >= 0.3 is 0 Å². The molecule has 0 saturated carbocycles. The average molecular weight is 353 g/mol. The Kier molecular flexibility index (Phi) is 6.59. The zero-order valence-electron chi connectivity index (χ0n) is 14.0. The molecule has 7 nitrogen and oxygen atoms in total. The summed E-state index contributed by atoms with van der Waals surface area (Å²) in [4.78, 5) is 23.6. The summed E-state index contributed by atoms with van der Waals surface area (Å²) in [7, 11) is 1.66. The number of nitrogens with one attached hydrogen (secondary N) is 2. The Morgan fingerprint density at radius 1 is 1.46 bits per heavy atom. The van der Waals surface area contributed by atoms with Gasteiger partial charge in [-0.1, -0.05) is 0 Å². The molecule has 0 spiro atoms. The summed E-state index contributed by atoms with van der Waals surface area (Å²) in [6.45, 7) is 2.88. The molecule has 1 saturated heterocycles. The highest BCUT2D eigenvalue weighted by atomic mass is 32.2. The molecule has 0 aromatic heterocycles. The first kappa shape index (κ1) is 18.7. The van der Waals surface area contributed by atoms with Crippen LogP contribution in [0.15, 0.2) is 23.1 Å². The molecule has 0 radical (unpaired) electrons. The van der Waals surface area contributed by atoms with Gasteiger partial charge in [-0.3, -0.25) is 14.9 Å². The number of hydrogen-bond donors (Lipinski definition) is 2. The number of carbonyl (C=O) groups excluding carboxylic acids is 1. The molecule has 132 valence electrons. The van der Waals surface area contributed by atoms with Gasteiger partial charge in [0.25, 0.3) is 11.6 Å². The first-order valence-corrected chi connectivity index (χ1v) is 9.04. The predicted molar refractivity (Wildman–Crippen MR) is 93.6 cm³/mol. The maximum absolute atomic E-state index is 12.4. The number of hydrogen-bond acceptors (Lipinski definition) is 6. The van der Waals surface area contributed by atoms with Crippen molar-refractivity contribution in [3.05, 3.63) is 33.9 Å². The topological polar surface area (TPSA) is 93.5 Å². The average Bonchev–Trinajstić information content (AvgIpc) is 2.60. The molecule has 1 aromatic rings. The Balaban J connectivity index is 2.08. The number of carbonyl (C=O) groups is 1. The second-order valence-electron chi connectivity index (χ2n) is 6.01. The molecule has 0 atom stereocenters. The fourth-order valence-electron chi connectivity index (χ4n) is 2.98. The molecule has 1 aliphatic rings. The van der Waals surface area contributed by atoms with E-state index in [0.29, 0.717) is 23.6 Å². The second-order valence-corrected chi connectivity index (χ2v) is 6.86. The van der Waals surface area contributed by atoms with Crippen LogP contribution in [0.4, 0.5) is 5.69 Å². The zero-order valence-corrected chi connectivity index (χ0v) is 14.8. The highest BCUT2D eigenvalue weighted by Crippen LogP contribution is 2.30. The van der Waals surface area contributed by atoms with Gasteiger partial charge in [0.2, 0.25) is 0 Å². The number of ether oxygens (including phenoxy) is 1. The van der Waals surface area contributed by atoms with E-state index in [9.17, 15) is 14.9 Å². The minimum absolute atomic E-state index is 0.0383. The number of nitro groups is 1. The summed E-state index contributed by atoms with van der Waals surface area (Å²) < 4.78 is 5.33. The summed E-state index contributed by atoms with van der Waals surface area (Å²) in [5, 5.41) is 17.4.